The first-order chi connectivity index (χ1) is 7.07. The minimum Gasteiger partial charge on any atom is -0.554 e. The summed E-state index contributed by atoms with van der Waals surface area (Å²) < 4.78 is 0. The van der Waals surface area contributed by atoms with Crippen molar-refractivity contribution in [1.82, 2.24) is 0 Å². The van der Waals surface area contributed by atoms with Gasteiger partial charge in [-0.2, -0.15) is 0 Å². The van der Waals surface area contributed by atoms with Crippen molar-refractivity contribution in [2.45, 2.75) is 0 Å². The number of hydrogen-bond donors (Lipinski definition) is 0. The molecular weight excluding hydrogens is 429 g/mol. The van der Waals surface area contributed by atoms with Crippen molar-refractivity contribution in [2.24, 2.45) is 0 Å². The Bertz CT molecular complexity index is 91.5. The van der Waals surface area contributed by atoms with Crippen LogP contribution in [0.25, 0.3) is 0 Å². The maximum Gasteiger partial charge on any atom is 5.00 e. The van der Waals surface area contributed by atoms with E-state index in [0.717, 1.165) is 0 Å². The molecule has 0 radical (unpaired) electrons. The van der Waals surface area contributed by atoms with E-state index in [4.69, 9.17) is 49.5 Å². The van der Waals surface area contributed by atoms with Crippen LogP contribution < -0.4 is 25.5 Å². The van der Waals surface area contributed by atoms with E-state index >= 15 is 0 Å². The fourth-order valence-corrected chi connectivity index (χ4v) is 0. The average Bonchev–Trinajstić information content (AvgIpc) is 2.09. The van der Waals surface area contributed by atoms with Crippen LogP contribution in [-0.4, -0.2) is 58.6 Å². The van der Waals surface area contributed by atoms with E-state index in [0.29, 0.717) is 0 Å². The fourth-order valence-electron chi connectivity index (χ4n) is 0. The van der Waals surface area contributed by atoms with Gasteiger partial charge in [-0.05, 0) is 0 Å². The molecule has 0 aromatic rings. The molecule has 0 N–H and O–H groups in total. The summed E-state index contributed by atoms with van der Waals surface area (Å²) in [5, 5.41) is 41.2. The summed E-state index contributed by atoms with van der Waals surface area (Å²) in [4.78, 5) is 41.2. The molecule has 0 unspecified atom stereocenters. The summed E-state index contributed by atoms with van der Waals surface area (Å²) in [6, 6.07) is 0. The van der Waals surface area contributed by atoms with E-state index < -0.39 is 32.4 Å². The third kappa shape index (κ3) is 494. The Morgan fingerprint density at radius 2 is 0.438 bits per heavy atom. The van der Waals surface area contributed by atoms with Crippen LogP contribution >= 0.6 is 0 Å². The summed E-state index contributed by atoms with van der Waals surface area (Å²) in [7, 11) is 0. The van der Waals surface area contributed by atoms with Crippen LogP contribution in [0.3, 0.4) is 0 Å². The molecule has 0 saturated carbocycles. The second-order valence-corrected chi connectivity index (χ2v) is 0.481. The average molecular weight is 434 g/mol. The van der Waals surface area contributed by atoms with Crippen LogP contribution in [0.2, 0.25) is 0 Å². The van der Waals surface area contributed by atoms with Crippen molar-refractivity contribution < 1.29 is 49.5 Å². The second kappa shape index (κ2) is 189. The van der Waals surface area contributed by atoms with Gasteiger partial charge in [0.1, 0.15) is 0 Å². The number of carbonyl (C=O) groups is 5. The molecule has 0 bridgehead atoms. The van der Waals surface area contributed by atoms with Crippen molar-refractivity contribution in [1.29, 1.82) is 0 Å². The minimum absolute atomic E-state index is 0. The van der Waals surface area contributed by atoms with Crippen molar-refractivity contribution in [3.63, 3.8) is 0 Å². The molecule has 0 heterocycles. The quantitative estimate of drug-likeness (QED) is 0.260. The maximum absolute atomic E-state index is 8.25. The number of rotatable bonds is 0. The Morgan fingerprint density at radius 3 is 0.438 bits per heavy atom. The molecule has 0 atom stereocenters. The molecule has 0 aliphatic heterocycles. The van der Waals surface area contributed by atoms with E-state index in [1.54, 1.807) is 0 Å². The topological polar surface area (TPSA) is 201 Å². The Morgan fingerprint density at radius 1 is 0.438 bits per heavy atom. The molecule has 0 aromatic heterocycles. The summed E-state index contributed by atoms with van der Waals surface area (Å²) in [5.41, 5.74) is 0. The van der Waals surface area contributed by atoms with Crippen LogP contribution in [0.15, 0.2) is 0 Å². The molecule has 11 heteroatoms. The van der Waals surface area contributed by atoms with Gasteiger partial charge in [0.2, 0.25) is 0 Å². The van der Waals surface area contributed by atoms with Crippen LogP contribution in [-0.2, 0) is 24.0 Å². The zero-order valence-corrected chi connectivity index (χ0v) is 10.9. The molecule has 0 rings (SSSR count). The van der Waals surface area contributed by atoms with Crippen molar-refractivity contribution in [2.75, 3.05) is 0 Å². The standard InChI is InChI=1S/5CH2O2.Bi/c5*2-1-3;/h5*1H,(H,2,3);/q;;;;;+5/p-5. The molecule has 0 amide bonds. The summed E-state index contributed by atoms with van der Waals surface area (Å²) in [6.07, 6.45) is 0. The van der Waals surface area contributed by atoms with Gasteiger partial charge in [-0.1, -0.05) is 0 Å². The number of carboxylic acid groups (broad SMARTS) is 5. The van der Waals surface area contributed by atoms with Gasteiger partial charge in [0.25, 0.3) is 0 Å². The first kappa shape index (κ1) is 36.8. The predicted molar refractivity (Wildman–Crippen MR) is 36.1 cm³/mol. The molecule has 0 aliphatic rings. The molecule has 16 heavy (non-hydrogen) atoms. The van der Waals surface area contributed by atoms with E-state index in [1.165, 1.54) is 0 Å². The van der Waals surface area contributed by atoms with Crippen molar-refractivity contribution >= 4 is 58.6 Å². The summed E-state index contributed by atoms with van der Waals surface area (Å²) >= 11 is 0. The molecule has 0 aliphatic carbocycles. The van der Waals surface area contributed by atoms with E-state index in [2.05, 4.69) is 0 Å². The smallest absolute Gasteiger partial charge is 0.554 e. The van der Waals surface area contributed by atoms with Crippen LogP contribution in [0.5, 0.6) is 0 Å². The Kier molecular flexibility index (Phi) is 435. The van der Waals surface area contributed by atoms with Gasteiger partial charge in [-0.15, -0.1) is 0 Å². The van der Waals surface area contributed by atoms with Gasteiger partial charge in [0.15, 0.2) is 0 Å². The van der Waals surface area contributed by atoms with Crippen LogP contribution in [0.4, 0.5) is 0 Å². The zero-order valence-electron chi connectivity index (χ0n) is 7.42. The maximum atomic E-state index is 8.25. The Balaban J connectivity index is -0.0000000192. The molecule has 10 nitrogen and oxygen atoms in total. The third-order valence-corrected chi connectivity index (χ3v) is 0. The third-order valence-electron chi connectivity index (χ3n) is 0. The summed E-state index contributed by atoms with van der Waals surface area (Å²) in [6.45, 7) is -2.50. The van der Waals surface area contributed by atoms with Crippen molar-refractivity contribution in [3.05, 3.63) is 0 Å². The molecule has 0 saturated heterocycles. The van der Waals surface area contributed by atoms with Crippen LogP contribution in [0, 0.1) is 0 Å². The zero-order chi connectivity index (χ0) is 13.5. The van der Waals surface area contributed by atoms with Gasteiger partial charge in [0, 0.05) is 32.4 Å². The first-order valence-electron chi connectivity index (χ1n) is 2.36. The van der Waals surface area contributed by atoms with E-state index in [9.17, 15) is 0 Å². The monoisotopic (exact) mass is 434 g/mol. The predicted octanol–water partition coefficient (Wildman–Crippen LogP) is -8.55. The number of hydrogen-bond acceptors (Lipinski definition) is 10. The Hall–Kier alpha value is -1.77. The van der Waals surface area contributed by atoms with Gasteiger partial charge < -0.3 is 49.5 Å². The molecular formula is C5H5BiO10. The van der Waals surface area contributed by atoms with Crippen LogP contribution in [0.1, 0.15) is 0 Å². The number of carbonyl (C=O) groups excluding carboxylic acids is 5. The van der Waals surface area contributed by atoms with E-state index in [-0.39, 0.29) is 26.2 Å². The minimum atomic E-state index is -0.500. The largest absolute Gasteiger partial charge is 5.00 e. The first-order valence-corrected chi connectivity index (χ1v) is 2.36. The molecule has 0 spiro atoms. The normalized spacial score (nSPS) is 3.75. The fraction of sp³-hybridized carbons (Fsp3) is 0. The Labute approximate surface area is 108 Å². The molecule has 0 aromatic carbocycles. The second-order valence-electron chi connectivity index (χ2n) is 0.481. The van der Waals surface area contributed by atoms with Gasteiger partial charge in [-0.25, -0.2) is 0 Å². The van der Waals surface area contributed by atoms with E-state index in [1.807, 2.05) is 0 Å². The SMILES string of the molecule is O=C[O-].O=C[O-].O=C[O-].O=C[O-].O=C[O-].[Bi+5]. The van der Waals surface area contributed by atoms with Gasteiger partial charge >= 0.3 is 26.2 Å². The van der Waals surface area contributed by atoms with Gasteiger partial charge in [-0.3, -0.25) is 0 Å². The molecule has 90 valence electrons. The van der Waals surface area contributed by atoms with Crippen molar-refractivity contribution in [3.8, 4) is 0 Å². The molecule has 0 fully saturated rings. The summed E-state index contributed by atoms with van der Waals surface area (Å²) in [5.74, 6) is 0. The van der Waals surface area contributed by atoms with Gasteiger partial charge in [0.05, 0.1) is 0 Å².